The number of hydrogen-bond donors (Lipinski definition) is 11. The molecule has 21 heteroatoms. The first-order valence-corrected chi connectivity index (χ1v) is 14.0. The zero-order valence-corrected chi connectivity index (χ0v) is 24.4. The van der Waals surface area contributed by atoms with Crippen molar-refractivity contribution in [1.29, 1.82) is 5.41 Å². The number of aromatic nitrogens is 6. The van der Waals surface area contributed by atoms with Crippen LogP contribution in [0.2, 0.25) is 0 Å². The zero-order chi connectivity index (χ0) is 33.2. The van der Waals surface area contributed by atoms with E-state index in [4.69, 9.17) is 21.8 Å². The first-order valence-electron chi connectivity index (χ1n) is 13.7. The molecule has 3 aromatic heterocycles. The Balaban J connectivity index is 1.31. The van der Waals surface area contributed by atoms with Crippen LogP contribution in [0.25, 0.3) is 11.3 Å². The van der Waals surface area contributed by atoms with Crippen LogP contribution in [0.3, 0.4) is 0 Å². The highest BCUT2D eigenvalue weighted by Gasteiger charge is 2.37. The highest BCUT2D eigenvalue weighted by Crippen LogP contribution is 2.30. The molecular weight excluding hydrogens is 634 g/mol. The van der Waals surface area contributed by atoms with Gasteiger partial charge in [0, 0.05) is 36.2 Å². The number of hydroxylamine groups is 1. The summed E-state index contributed by atoms with van der Waals surface area (Å²) in [5.74, 6) is -5.79. The topological polar surface area (TPSA) is 300 Å². The van der Waals surface area contributed by atoms with Crippen LogP contribution in [-0.4, -0.2) is 102 Å². The molecule has 2 amide bonds. The van der Waals surface area contributed by atoms with E-state index < -0.39 is 37.0 Å². The van der Waals surface area contributed by atoms with Gasteiger partial charge in [-0.05, 0) is 25.7 Å². The number of carbonyl (C=O) groups is 1. The number of urea groups is 1. The van der Waals surface area contributed by atoms with Gasteiger partial charge < -0.3 is 46.4 Å². The first kappa shape index (κ1) is 33.0. The van der Waals surface area contributed by atoms with Crippen LogP contribution in [0.15, 0.2) is 42.2 Å². The number of aliphatic hydroxyl groups is 7. The smallest absolute Gasteiger partial charge is 0.331 e. The fourth-order valence-electron chi connectivity index (χ4n) is 4.87. The summed E-state index contributed by atoms with van der Waals surface area (Å²) in [7, 11) is 0. The summed E-state index contributed by atoms with van der Waals surface area (Å²) < 4.78 is 0.897. The quantitative estimate of drug-likeness (QED) is 0.119. The predicted molar refractivity (Wildman–Crippen MR) is 155 cm³/mol. The van der Waals surface area contributed by atoms with Crippen molar-refractivity contribution in [3.8, 4) is 11.3 Å². The lowest BCUT2D eigenvalue weighted by Gasteiger charge is -2.36. The van der Waals surface area contributed by atoms with E-state index in [1.807, 2.05) is 0 Å². The molecule has 0 bridgehead atoms. The van der Waals surface area contributed by atoms with Crippen molar-refractivity contribution in [2.45, 2.75) is 56.1 Å². The van der Waals surface area contributed by atoms with Gasteiger partial charge >= 0.3 is 12.0 Å². The van der Waals surface area contributed by atoms with E-state index in [9.17, 15) is 40.5 Å². The van der Waals surface area contributed by atoms with Crippen molar-refractivity contribution in [3.05, 3.63) is 53.5 Å². The van der Waals surface area contributed by atoms with Gasteiger partial charge in [-0.3, -0.25) is 20.8 Å². The number of nitrogens with zero attached hydrogens (tertiary/aromatic N) is 7. The maximum Gasteiger partial charge on any atom is 0.331 e. The third kappa shape index (κ3) is 7.52. The van der Waals surface area contributed by atoms with Crippen LogP contribution in [0, 0.1) is 5.41 Å². The Morgan fingerprint density at radius 1 is 1.15 bits per heavy atom. The second kappa shape index (κ2) is 13.2. The fraction of sp³-hybridized carbons (Fsp3) is 0.400. The Kier molecular flexibility index (Phi) is 9.44. The minimum Gasteiger partial charge on any atom is -0.351 e. The molecule has 246 valence electrons. The Bertz CT molecular complexity index is 1600. The summed E-state index contributed by atoms with van der Waals surface area (Å²) in [5.41, 5.74) is 2.11. The molecule has 11 N–H and O–H groups in total. The SMILES string of the molecule is N=C1/C(Cl)=C\NOC(O)(O)c2cnc(N[C@H]3CC[C@H](N(C(=O)NCC(O)(O)O)c4cnc(-c5cnn(C(O)O)c5)cn4)CC3)nc21. The van der Waals surface area contributed by atoms with Crippen molar-refractivity contribution in [2.75, 3.05) is 16.8 Å². The van der Waals surface area contributed by atoms with Gasteiger partial charge in [-0.25, -0.2) is 29.3 Å². The fourth-order valence-corrected chi connectivity index (χ4v) is 5.01. The average molecular weight is 664 g/mol. The molecule has 0 radical (unpaired) electrons. The Labute approximate surface area is 264 Å². The van der Waals surface area contributed by atoms with Gasteiger partial charge in [-0.2, -0.15) is 5.10 Å². The van der Waals surface area contributed by atoms with Gasteiger partial charge in [0.25, 0.3) is 12.4 Å². The van der Waals surface area contributed by atoms with E-state index in [1.54, 1.807) is 0 Å². The molecule has 0 aromatic carbocycles. The standard InChI is InChI=1S/C25H30ClN11O9/c26-16-7-33-46-25(44,45)15-6-30-21(35-20(15)19(16)27)34-13-1-3-14(4-2-13)37(22(38)31-11-24(41,42)43)18-9-28-17(8-29-18)12-5-32-36(10-12)23(39)40/h5-10,13-14,23,27,33,39-45H,1-4,11H2,(H,31,38)(H,30,34,35)/b16-7+,27-19?/t13-,14-. The molecule has 5 rings (SSSR count). The molecule has 1 saturated carbocycles. The lowest BCUT2D eigenvalue weighted by atomic mass is 9.90. The van der Waals surface area contributed by atoms with Crippen LogP contribution >= 0.6 is 11.6 Å². The molecule has 4 heterocycles. The van der Waals surface area contributed by atoms with Crippen LogP contribution in [0.1, 0.15) is 43.4 Å². The minimum atomic E-state index is -3.15. The lowest BCUT2D eigenvalue weighted by molar-refractivity contribution is -0.369. The van der Waals surface area contributed by atoms with Crippen molar-refractivity contribution in [2.24, 2.45) is 0 Å². The maximum atomic E-state index is 13.2. The molecule has 3 aromatic rings. The van der Waals surface area contributed by atoms with E-state index in [-0.39, 0.29) is 39.8 Å². The molecule has 1 fully saturated rings. The van der Waals surface area contributed by atoms with E-state index in [0.717, 1.165) is 17.1 Å². The second-order valence-corrected chi connectivity index (χ2v) is 10.8. The molecule has 1 aliphatic heterocycles. The number of amides is 2. The Morgan fingerprint density at radius 3 is 2.52 bits per heavy atom. The predicted octanol–water partition coefficient (Wildman–Crippen LogP) is -1.78. The van der Waals surface area contributed by atoms with Crippen LogP contribution in [0.4, 0.5) is 16.6 Å². The van der Waals surface area contributed by atoms with Crippen LogP contribution in [0.5, 0.6) is 0 Å². The number of aliphatic hydroxyl groups excluding tert-OH is 1. The summed E-state index contributed by atoms with van der Waals surface area (Å²) in [6.07, 6.45) is 7.49. The average Bonchev–Trinajstić information content (AvgIpc) is 3.51. The van der Waals surface area contributed by atoms with Crippen LogP contribution < -0.4 is 21.0 Å². The monoisotopic (exact) mass is 663 g/mol. The number of hydrogen-bond acceptors (Lipinski definition) is 17. The number of nitrogens with one attached hydrogen (secondary N) is 4. The second-order valence-electron chi connectivity index (χ2n) is 10.4. The van der Waals surface area contributed by atoms with E-state index in [2.05, 4.69) is 41.1 Å². The summed E-state index contributed by atoms with van der Waals surface area (Å²) in [4.78, 5) is 36.3. The molecule has 2 aliphatic rings. The maximum absolute atomic E-state index is 13.2. The summed E-state index contributed by atoms with van der Waals surface area (Å²) in [6.45, 7) is -0.888. The number of anilines is 2. The zero-order valence-electron chi connectivity index (χ0n) is 23.7. The van der Waals surface area contributed by atoms with Crippen molar-refractivity contribution in [3.63, 3.8) is 0 Å². The molecule has 0 saturated heterocycles. The van der Waals surface area contributed by atoms with Crippen molar-refractivity contribution in [1.82, 2.24) is 40.5 Å². The van der Waals surface area contributed by atoms with Gasteiger partial charge in [0.05, 0.1) is 34.9 Å². The number of fused-ring (bicyclic) bond motifs is 1. The third-order valence-corrected chi connectivity index (χ3v) is 7.41. The number of rotatable bonds is 8. The molecule has 0 spiro atoms. The molecule has 1 aliphatic carbocycles. The van der Waals surface area contributed by atoms with Crippen molar-refractivity contribution < 1.29 is 45.4 Å². The van der Waals surface area contributed by atoms with Crippen LogP contribution in [-0.2, 0) is 10.8 Å². The summed E-state index contributed by atoms with van der Waals surface area (Å²) >= 11 is 6.07. The van der Waals surface area contributed by atoms with Gasteiger partial charge in [-0.15, -0.1) is 0 Å². The van der Waals surface area contributed by atoms with E-state index >= 15 is 0 Å². The number of halogens is 1. The summed E-state index contributed by atoms with van der Waals surface area (Å²) in [6, 6.07) is -1.43. The minimum absolute atomic E-state index is 0.0824. The lowest BCUT2D eigenvalue weighted by Crippen LogP contribution is -2.52. The van der Waals surface area contributed by atoms with Gasteiger partial charge in [0.1, 0.15) is 18.0 Å². The number of carbonyl (C=O) groups excluding carboxylic acids is 1. The van der Waals surface area contributed by atoms with Gasteiger partial charge in [0.2, 0.25) is 5.95 Å². The van der Waals surface area contributed by atoms with Crippen molar-refractivity contribution >= 4 is 35.1 Å². The number of allylic oxidation sites excluding steroid dienone is 1. The molecular formula is C25H30ClN11O9. The van der Waals surface area contributed by atoms with E-state index in [0.29, 0.717) is 36.9 Å². The molecule has 20 nitrogen and oxygen atoms in total. The molecule has 0 unspecified atom stereocenters. The first-order chi connectivity index (χ1) is 21.7. The Morgan fingerprint density at radius 2 is 1.89 bits per heavy atom. The summed E-state index contributed by atoms with van der Waals surface area (Å²) in [5, 5.41) is 84.3. The normalized spacial score (nSPS) is 20.9. The molecule has 46 heavy (non-hydrogen) atoms. The highest BCUT2D eigenvalue weighted by molar-refractivity contribution is 6.45. The Hall–Kier alpha value is -4.38. The van der Waals surface area contributed by atoms with Gasteiger partial charge in [-0.1, -0.05) is 11.6 Å². The largest absolute Gasteiger partial charge is 0.351 e. The third-order valence-electron chi connectivity index (χ3n) is 7.11. The highest BCUT2D eigenvalue weighted by atomic mass is 35.5. The molecule has 0 atom stereocenters. The van der Waals surface area contributed by atoms with E-state index in [1.165, 1.54) is 29.7 Å². The van der Waals surface area contributed by atoms with Gasteiger partial charge in [0.15, 0.2) is 5.82 Å².